The van der Waals surface area contributed by atoms with E-state index in [9.17, 15) is 8.42 Å². The van der Waals surface area contributed by atoms with Crippen LogP contribution in [0.4, 0.5) is 0 Å². The van der Waals surface area contributed by atoms with E-state index in [2.05, 4.69) is 9.97 Å². The molecule has 0 aliphatic heterocycles. The summed E-state index contributed by atoms with van der Waals surface area (Å²) in [6.07, 6.45) is 5.43. The van der Waals surface area contributed by atoms with Crippen LogP contribution >= 0.6 is 0 Å². The van der Waals surface area contributed by atoms with Crippen LogP contribution in [0, 0.1) is 5.75 Å². The zero-order valence-electron chi connectivity index (χ0n) is 5.93. The van der Waals surface area contributed by atoms with Gasteiger partial charge in [0.2, 0.25) is 0 Å². The Morgan fingerprint density at radius 2 is 2.18 bits per heavy atom. The number of hydrogen-bond donors (Lipinski definition) is 0. The van der Waals surface area contributed by atoms with Gasteiger partial charge in [0.05, 0.1) is 5.69 Å². The maximum atomic E-state index is 10.7. The number of hydrogen-bond acceptors (Lipinski definition) is 4. The summed E-state index contributed by atoms with van der Waals surface area (Å²) in [5.41, 5.74) is 0.356. The second kappa shape index (κ2) is 2.96. The molecule has 0 bridgehead atoms. The van der Waals surface area contributed by atoms with E-state index in [1.165, 1.54) is 18.6 Å². The maximum Gasteiger partial charge on any atom is 0.157 e. The summed E-state index contributed by atoms with van der Waals surface area (Å²) in [6, 6.07) is 0. The molecule has 1 heterocycles. The van der Waals surface area contributed by atoms with Crippen LogP contribution in [-0.2, 0) is 9.84 Å². The molecule has 1 radical (unpaired) electrons. The minimum absolute atomic E-state index is 0.356. The lowest BCUT2D eigenvalue weighted by Crippen LogP contribution is -1.99. The van der Waals surface area contributed by atoms with Crippen LogP contribution in [0.15, 0.2) is 18.6 Å². The standard InChI is InChI=1S/C6H7N2O2S/c1-11(9,10)5-6-4-7-2-3-8-6/h2-5H,1H3. The fourth-order valence-corrected chi connectivity index (χ4v) is 1.15. The van der Waals surface area contributed by atoms with E-state index in [0.29, 0.717) is 5.69 Å². The fourth-order valence-electron chi connectivity index (χ4n) is 0.591. The largest absolute Gasteiger partial charge is 0.261 e. The van der Waals surface area contributed by atoms with Crippen LogP contribution in [0.3, 0.4) is 0 Å². The molecule has 0 amide bonds. The molecule has 5 heteroatoms. The molecule has 0 unspecified atom stereocenters. The minimum atomic E-state index is -3.10. The Hall–Kier alpha value is -0.970. The molecule has 0 atom stereocenters. The van der Waals surface area contributed by atoms with E-state index >= 15 is 0 Å². The van der Waals surface area contributed by atoms with Gasteiger partial charge < -0.3 is 0 Å². The van der Waals surface area contributed by atoms with Gasteiger partial charge in [-0.1, -0.05) is 0 Å². The average Bonchev–Trinajstić information content (AvgIpc) is 1.85. The molecule has 0 saturated carbocycles. The Morgan fingerprint density at radius 3 is 2.64 bits per heavy atom. The summed E-state index contributed by atoms with van der Waals surface area (Å²) in [6.45, 7) is 0. The van der Waals surface area contributed by atoms with Gasteiger partial charge in [-0.15, -0.1) is 0 Å². The molecule has 0 aromatic carbocycles. The van der Waals surface area contributed by atoms with Gasteiger partial charge in [-0.2, -0.15) is 0 Å². The van der Waals surface area contributed by atoms with Crippen molar-refractivity contribution in [2.24, 2.45) is 0 Å². The molecule has 11 heavy (non-hydrogen) atoms. The molecule has 1 aromatic rings. The van der Waals surface area contributed by atoms with Gasteiger partial charge in [-0.05, 0) is 0 Å². The van der Waals surface area contributed by atoms with Crippen molar-refractivity contribution in [1.82, 2.24) is 9.97 Å². The fraction of sp³-hybridized carbons (Fsp3) is 0.167. The Kier molecular flexibility index (Phi) is 2.19. The van der Waals surface area contributed by atoms with Crippen LogP contribution in [0.25, 0.3) is 0 Å². The first-order chi connectivity index (χ1) is 5.08. The molecule has 0 aliphatic rings. The van der Waals surface area contributed by atoms with Crippen molar-refractivity contribution in [3.8, 4) is 0 Å². The van der Waals surface area contributed by atoms with Crippen LogP contribution in [0.5, 0.6) is 0 Å². The Labute approximate surface area is 65.2 Å². The van der Waals surface area contributed by atoms with E-state index in [0.717, 1.165) is 12.0 Å². The van der Waals surface area contributed by atoms with E-state index in [-0.39, 0.29) is 0 Å². The first-order valence-corrected chi connectivity index (χ1v) is 4.84. The van der Waals surface area contributed by atoms with E-state index in [4.69, 9.17) is 0 Å². The molecule has 4 nitrogen and oxygen atoms in total. The predicted octanol–water partition coefficient (Wildman–Crippen LogP) is 0.0311. The van der Waals surface area contributed by atoms with E-state index in [1.54, 1.807) is 0 Å². The van der Waals surface area contributed by atoms with Crippen molar-refractivity contribution in [2.75, 3.05) is 6.26 Å². The summed E-state index contributed by atoms with van der Waals surface area (Å²) < 4.78 is 21.4. The molecular weight excluding hydrogens is 164 g/mol. The lowest BCUT2D eigenvalue weighted by Gasteiger charge is -1.93. The highest BCUT2D eigenvalue weighted by Gasteiger charge is 2.05. The smallest absolute Gasteiger partial charge is 0.157 e. The van der Waals surface area contributed by atoms with Gasteiger partial charge in [0, 0.05) is 24.8 Å². The SMILES string of the molecule is CS(=O)(=O)[CH]c1cnccn1. The zero-order chi connectivity index (χ0) is 8.32. The first-order valence-electron chi connectivity index (χ1n) is 2.89. The number of rotatable bonds is 2. The Bertz CT molecular complexity index is 320. The highest BCUT2D eigenvalue weighted by Crippen LogP contribution is 2.00. The number of aromatic nitrogens is 2. The summed E-state index contributed by atoms with van der Waals surface area (Å²) in [5, 5.41) is 0. The third kappa shape index (κ3) is 3.08. The van der Waals surface area contributed by atoms with Gasteiger partial charge in [0.15, 0.2) is 9.84 Å². The summed E-state index contributed by atoms with van der Waals surface area (Å²) in [5.74, 6) is 1.07. The molecule has 0 spiro atoms. The number of nitrogens with zero attached hydrogens (tertiary/aromatic N) is 2. The van der Waals surface area contributed by atoms with Crippen molar-refractivity contribution >= 4 is 9.84 Å². The highest BCUT2D eigenvalue weighted by atomic mass is 32.2. The van der Waals surface area contributed by atoms with Crippen LogP contribution in [-0.4, -0.2) is 24.6 Å². The molecule has 0 aliphatic carbocycles. The van der Waals surface area contributed by atoms with Crippen molar-refractivity contribution in [2.45, 2.75) is 0 Å². The van der Waals surface area contributed by atoms with E-state index < -0.39 is 9.84 Å². The van der Waals surface area contributed by atoms with E-state index in [1.807, 2.05) is 0 Å². The van der Waals surface area contributed by atoms with Gasteiger partial charge in [0.25, 0.3) is 0 Å². The maximum absolute atomic E-state index is 10.7. The molecule has 59 valence electrons. The Balaban J connectivity index is 2.82. The summed E-state index contributed by atoms with van der Waals surface area (Å²) >= 11 is 0. The average molecular weight is 171 g/mol. The third-order valence-corrected chi connectivity index (χ3v) is 1.59. The molecular formula is C6H7N2O2S. The lowest BCUT2D eigenvalue weighted by molar-refractivity contribution is 0.607. The van der Waals surface area contributed by atoms with Crippen LogP contribution in [0.2, 0.25) is 0 Å². The second-order valence-electron chi connectivity index (χ2n) is 2.08. The molecule has 0 fully saturated rings. The summed E-state index contributed by atoms with van der Waals surface area (Å²) in [4.78, 5) is 7.48. The van der Waals surface area contributed by atoms with Gasteiger partial charge in [0.1, 0.15) is 5.75 Å². The van der Waals surface area contributed by atoms with Crippen molar-refractivity contribution in [3.63, 3.8) is 0 Å². The van der Waals surface area contributed by atoms with Gasteiger partial charge >= 0.3 is 0 Å². The van der Waals surface area contributed by atoms with Crippen molar-refractivity contribution < 1.29 is 8.42 Å². The van der Waals surface area contributed by atoms with Crippen molar-refractivity contribution in [1.29, 1.82) is 0 Å². The zero-order valence-corrected chi connectivity index (χ0v) is 6.75. The predicted molar refractivity (Wildman–Crippen MR) is 40.3 cm³/mol. The van der Waals surface area contributed by atoms with Crippen LogP contribution < -0.4 is 0 Å². The highest BCUT2D eigenvalue weighted by molar-refractivity contribution is 7.92. The minimum Gasteiger partial charge on any atom is -0.261 e. The molecule has 1 rings (SSSR count). The van der Waals surface area contributed by atoms with Crippen LogP contribution in [0.1, 0.15) is 5.69 Å². The summed E-state index contributed by atoms with van der Waals surface area (Å²) in [7, 11) is -3.10. The second-order valence-corrected chi connectivity index (χ2v) is 3.97. The molecule has 0 saturated heterocycles. The van der Waals surface area contributed by atoms with Gasteiger partial charge in [-0.3, -0.25) is 9.97 Å². The normalized spacial score (nSPS) is 11.4. The Morgan fingerprint density at radius 1 is 1.45 bits per heavy atom. The van der Waals surface area contributed by atoms with Crippen molar-refractivity contribution in [3.05, 3.63) is 30.0 Å². The topological polar surface area (TPSA) is 59.9 Å². The lowest BCUT2D eigenvalue weighted by atomic mass is 10.5. The molecule has 0 N–H and O–H groups in total. The molecule has 1 aromatic heterocycles. The van der Waals surface area contributed by atoms with Gasteiger partial charge in [-0.25, -0.2) is 8.42 Å². The number of sulfone groups is 1. The first kappa shape index (κ1) is 8.13. The monoisotopic (exact) mass is 171 g/mol. The third-order valence-electron chi connectivity index (χ3n) is 0.918. The quantitative estimate of drug-likeness (QED) is 0.630.